The summed E-state index contributed by atoms with van der Waals surface area (Å²) in [5.41, 5.74) is 2.12. The lowest BCUT2D eigenvalue weighted by Crippen LogP contribution is -2.31. The maximum Gasteiger partial charge on any atom is 0.308 e. The molecule has 0 aliphatic heterocycles. The highest BCUT2D eigenvalue weighted by Gasteiger charge is 2.26. The molecule has 1 amide bonds. The molecule has 0 spiro atoms. The van der Waals surface area contributed by atoms with E-state index in [0.717, 1.165) is 16.5 Å². The average Bonchev–Trinajstić information content (AvgIpc) is 3.14. The van der Waals surface area contributed by atoms with E-state index in [1.165, 1.54) is 6.07 Å². The molecule has 1 aromatic heterocycles. The summed E-state index contributed by atoms with van der Waals surface area (Å²) in [5, 5.41) is 15.3. The zero-order valence-electron chi connectivity index (χ0n) is 17.5. The van der Waals surface area contributed by atoms with Gasteiger partial charge in [-0.3, -0.25) is 19.7 Å². The molecule has 0 aliphatic carbocycles. The van der Waals surface area contributed by atoms with Crippen LogP contribution in [0.5, 0.6) is 0 Å². The van der Waals surface area contributed by atoms with Crippen molar-refractivity contribution in [3.05, 3.63) is 76.0 Å². The Balaban J connectivity index is 1.75. The molecule has 8 nitrogen and oxygen atoms in total. The Labute approximate surface area is 179 Å². The second-order valence-electron chi connectivity index (χ2n) is 7.54. The highest BCUT2D eigenvalue weighted by molar-refractivity contribution is 5.84. The van der Waals surface area contributed by atoms with Gasteiger partial charge in [0.05, 0.1) is 29.1 Å². The number of rotatable bonds is 9. The van der Waals surface area contributed by atoms with Crippen molar-refractivity contribution in [2.45, 2.75) is 45.3 Å². The number of para-hydroxylation sites is 2. The second-order valence-corrected chi connectivity index (χ2v) is 7.54. The number of nitro groups is 1. The van der Waals surface area contributed by atoms with Crippen LogP contribution in [0.1, 0.15) is 43.9 Å². The summed E-state index contributed by atoms with van der Waals surface area (Å²) in [4.78, 5) is 39.1. The van der Waals surface area contributed by atoms with E-state index in [1.54, 1.807) is 32.0 Å². The first-order chi connectivity index (χ1) is 14.8. The van der Waals surface area contributed by atoms with Gasteiger partial charge in [0, 0.05) is 29.6 Å². The summed E-state index contributed by atoms with van der Waals surface area (Å²) < 4.78 is 5.19. The Hall–Kier alpha value is -3.68. The summed E-state index contributed by atoms with van der Waals surface area (Å²) in [6.45, 7) is 3.44. The molecular formula is C23H25N3O5. The number of fused-ring (bicyclic) bond motifs is 1. The van der Waals surface area contributed by atoms with E-state index in [9.17, 15) is 19.7 Å². The molecule has 0 bridgehead atoms. The van der Waals surface area contributed by atoms with Gasteiger partial charge in [0.2, 0.25) is 5.91 Å². The van der Waals surface area contributed by atoms with Crippen LogP contribution in [0.3, 0.4) is 0 Å². The smallest absolute Gasteiger partial charge is 0.308 e. The maximum atomic E-state index is 12.7. The number of hydrogen-bond donors (Lipinski definition) is 2. The third kappa shape index (κ3) is 5.69. The molecule has 162 valence electrons. The number of aromatic amines is 1. The summed E-state index contributed by atoms with van der Waals surface area (Å²) in [6, 6.07) is 13.0. The predicted octanol–water partition coefficient (Wildman–Crippen LogP) is 4.21. The Kier molecular flexibility index (Phi) is 7.02. The lowest BCUT2D eigenvalue weighted by molar-refractivity contribution is -0.385. The third-order valence-corrected chi connectivity index (χ3v) is 4.88. The normalized spacial score (nSPS) is 12.0. The Morgan fingerprint density at radius 1 is 1.13 bits per heavy atom. The summed E-state index contributed by atoms with van der Waals surface area (Å²) >= 11 is 0. The first kappa shape index (κ1) is 22.0. The monoisotopic (exact) mass is 423 g/mol. The van der Waals surface area contributed by atoms with Crippen LogP contribution in [0.25, 0.3) is 10.9 Å². The molecule has 2 aromatic carbocycles. The lowest BCUT2D eigenvalue weighted by Gasteiger charge is -2.19. The van der Waals surface area contributed by atoms with E-state index in [2.05, 4.69) is 10.3 Å². The van der Waals surface area contributed by atoms with Crippen LogP contribution >= 0.6 is 0 Å². The SMILES string of the molecule is CC(C)OC(=O)CC(NC(=O)CCc1c[nH]c2ccccc12)c1ccccc1[N+](=O)[O-]. The van der Waals surface area contributed by atoms with Gasteiger partial charge < -0.3 is 15.0 Å². The Bertz CT molecular complexity index is 1090. The fourth-order valence-electron chi connectivity index (χ4n) is 3.52. The summed E-state index contributed by atoms with van der Waals surface area (Å²) in [7, 11) is 0. The largest absolute Gasteiger partial charge is 0.463 e. The van der Waals surface area contributed by atoms with Crippen molar-refractivity contribution in [1.82, 2.24) is 10.3 Å². The topological polar surface area (TPSA) is 114 Å². The van der Waals surface area contributed by atoms with Crippen molar-refractivity contribution >= 4 is 28.5 Å². The van der Waals surface area contributed by atoms with E-state index >= 15 is 0 Å². The van der Waals surface area contributed by atoms with Gasteiger partial charge in [-0.1, -0.05) is 36.4 Å². The molecule has 1 unspecified atom stereocenters. The first-order valence-electron chi connectivity index (χ1n) is 10.1. The highest BCUT2D eigenvalue weighted by Crippen LogP contribution is 2.28. The number of carbonyl (C=O) groups is 2. The number of nitrogens with one attached hydrogen (secondary N) is 2. The van der Waals surface area contributed by atoms with E-state index in [1.807, 2.05) is 30.5 Å². The molecule has 31 heavy (non-hydrogen) atoms. The highest BCUT2D eigenvalue weighted by atomic mass is 16.6. The van der Waals surface area contributed by atoms with E-state index in [0.29, 0.717) is 6.42 Å². The van der Waals surface area contributed by atoms with Gasteiger partial charge >= 0.3 is 5.97 Å². The molecule has 3 rings (SSSR count). The van der Waals surface area contributed by atoms with Gasteiger partial charge in [-0.05, 0) is 31.9 Å². The van der Waals surface area contributed by atoms with E-state index in [4.69, 9.17) is 4.74 Å². The zero-order chi connectivity index (χ0) is 22.4. The van der Waals surface area contributed by atoms with Crippen LogP contribution in [0.2, 0.25) is 0 Å². The van der Waals surface area contributed by atoms with Crippen molar-refractivity contribution in [3.63, 3.8) is 0 Å². The molecule has 8 heteroatoms. The van der Waals surface area contributed by atoms with Crippen LogP contribution in [-0.2, 0) is 20.7 Å². The minimum atomic E-state index is -0.858. The van der Waals surface area contributed by atoms with Gasteiger partial charge in [-0.15, -0.1) is 0 Å². The van der Waals surface area contributed by atoms with Crippen LogP contribution in [0, 0.1) is 10.1 Å². The number of esters is 1. The molecule has 3 aromatic rings. The quantitative estimate of drug-likeness (QED) is 0.304. The van der Waals surface area contributed by atoms with Crippen molar-refractivity contribution in [2.24, 2.45) is 0 Å². The molecule has 0 fully saturated rings. The zero-order valence-corrected chi connectivity index (χ0v) is 17.5. The number of ether oxygens (including phenoxy) is 1. The predicted molar refractivity (Wildman–Crippen MR) is 116 cm³/mol. The second kappa shape index (κ2) is 9.88. The fourth-order valence-corrected chi connectivity index (χ4v) is 3.52. The number of nitrogens with zero attached hydrogens (tertiary/aromatic N) is 1. The number of aryl methyl sites for hydroxylation is 1. The molecule has 0 saturated heterocycles. The summed E-state index contributed by atoms with van der Waals surface area (Å²) in [6.07, 6.45) is 2.03. The van der Waals surface area contributed by atoms with Crippen molar-refractivity contribution in [2.75, 3.05) is 0 Å². The number of benzene rings is 2. The fraction of sp³-hybridized carbons (Fsp3) is 0.304. The lowest BCUT2D eigenvalue weighted by atomic mass is 10.0. The van der Waals surface area contributed by atoms with Crippen LogP contribution in [0.4, 0.5) is 5.69 Å². The van der Waals surface area contributed by atoms with Crippen molar-refractivity contribution < 1.29 is 19.2 Å². The van der Waals surface area contributed by atoms with Crippen molar-refractivity contribution in [3.8, 4) is 0 Å². The molecule has 0 saturated carbocycles. The molecule has 0 aliphatic rings. The molecule has 2 N–H and O–H groups in total. The number of hydrogen-bond acceptors (Lipinski definition) is 5. The van der Waals surface area contributed by atoms with Gasteiger partial charge in [-0.25, -0.2) is 0 Å². The minimum Gasteiger partial charge on any atom is -0.463 e. The molecular weight excluding hydrogens is 398 g/mol. The molecule has 1 heterocycles. The maximum absolute atomic E-state index is 12.7. The van der Waals surface area contributed by atoms with Crippen molar-refractivity contribution in [1.29, 1.82) is 0 Å². The summed E-state index contributed by atoms with van der Waals surface area (Å²) in [5.74, 6) is -0.833. The molecule has 0 radical (unpaired) electrons. The van der Waals surface area contributed by atoms with Crippen LogP contribution in [-0.4, -0.2) is 27.9 Å². The number of carbonyl (C=O) groups excluding carboxylic acids is 2. The number of aromatic nitrogens is 1. The van der Waals surface area contributed by atoms with Crippen LogP contribution < -0.4 is 5.32 Å². The number of H-pyrrole nitrogens is 1. The Morgan fingerprint density at radius 2 is 1.84 bits per heavy atom. The first-order valence-corrected chi connectivity index (χ1v) is 10.1. The number of nitro benzene ring substituents is 1. The van der Waals surface area contributed by atoms with Gasteiger partial charge in [0.25, 0.3) is 5.69 Å². The Morgan fingerprint density at radius 3 is 2.58 bits per heavy atom. The minimum absolute atomic E-state index is 0.151. The van der Waals surface area contributed by atoms with Gasteiger partial charge in [0.15, 0.2) is 0 Å². The average molecular weight is 423 g/mol. The standard InChI is InChI=1S/C23H25N3O5/c1-15(2)31-23(28)13-20(18-8-4-6-10-21(18)26(29)30)25-22(27)12-11-16-14-24-19-9-5-3-7-17(16)19/h3-10,14-15,20,24H,11-13H2,1-2H3,(H,25,27). The van der Waals surface area contributed by atoms with Gasteiger partial charge in [-0.2, -0.15) is 0 Å². The number of amides is 1. The van der Waals surface area contributed by atoms with Crippen LogP contribution in [0.15, 0.2) is 54.7 Å². The van der Waals surface area contributed by atoms with E-state index in [-0.39, 0.29) is 36.1 Å². The third-order valence-electron chi connectivity index (χ3n) is 4.88. The molecule has 1 atom stereocenters. The van der Waals surface area contributed by atoms with Gasteiger partial charge in [0.1, 0.15) is 0 Å². The van der Waals surface area contributed by atoms with E-state index < -0.39 is 16.9 Å².